The molecule has 0 bridgehead atoms. The predicted octanol–water partition coefficient (Wildman–Crippen LogP) is 2.24. The molecule has 1 unspecified atom stereocenters. The number of furan rings is 1. The van der Waals surface area contributed by atoms with Crippen molar-refractivity contribution in [3.8, 4) is 0 Å². The molecular weight excluding hydrogens is 252 g/mol. The van der Waals surface area contributed by atoms with Crippen LogP contribution >= 0.6 is 0 Å². The van der Waals surface area contributed by atoms with Crippen LogP contribution in [0.25, 0.3) is 0 Å². The maximum atomic E-state index is 5.50. The van der Waals surface area contributed by atoms with E-state index in [0.29, 0.717) is 6.54 Å². The normalized spacial score (nSPS) is 14.4. The second-order valence-corrected chi connectivity index (χ2v) is 6.09. The molecule has 114 valence electrons. The number of hydrogen-bond acceptors (Lipinski definition) is 3. The van der Waals surface area contributed by atoms with Gasteiger partial charge < -0.3 is 15.1 Å². The highest BCUT2D eigenvalue weighted by Crippen LogP contribution is 2.18. The number of nitrogens with one attached hydrogen (secondary N) is 2. The first kappa shape index (κ1) is 16.6. The van der Waals surface area contributed by atoms with Crippen LogP contribution in [0.1, 0.15) is 39.5 Å². The Bertz CT molecular complexity index is 404. The second-order valence-electron chi connectivity index (χ2n) is 6.09. The molecule has 1 heterocycles. The third-order valence-electron chi connectivity index (χ3n) is 2.75. The fraction of sp³-hybridized carbons (Fsp3) is 0.667. The molecule has 20 heavy (non-hydrogen) atoms. The lowest BCUT2D eigenvalue weighted by atomic mass is 10.1. The summed E-state index contributed by atoms with van der Waals surface area (Å²) in [4.78, 5) is 6.78. The van der Waals surface area contributed by atoms with Gasteiger partial charge in [0.2, 0.25) is 0 Å². The van der Waals surface area contributed by atoms with Gasteiger partial charge in [0.15, 0.2) is 5.96 Å². The van der Waals surface area contributed by atoms with Crippen LogP contribution in [0.4, 0.5) is 0 Å². The van der Waals surface area contributed by atoms with Gasteiger partial charge in [0.1, 0.15) is 5.76 Å². The highest BCUT2D eigenvalue weighted by atomic mass is 16.3. The van der Waals surface area contributed by atoms with Crippen LogP contribution in [-0.4, -0.2) is 43.6 Å². The molecule has 0 saturated heterocycles. The molecule has 0 radical (unpaired) electrons. The SMILES string of the molecule is CCNC(=NCC(c1ccco1)N(C)C)NC(C)(C)C. The Kier molecular flexibility index (Phi) is 6.07. The lowest BCUT2D eigenvalue weighted by Gasteiger charge is -2.25. The maximum absolute atomic E-state index is 5.50. The summed E-state index contributed by atoms with van der Waals surface area (Å²) in [6.45, 7) is 9.92. The van der Waals surface area contributed by atoms with Gasteiger partial charge in [-0.2, -0.15) is 0 Å². The Hall–Kier alpha value is -1.49. The van der Waals surface area contributed by atoms with E-state index < -0.39 is 0 Å². The first-order chi connectivity index (χ1) is 9.33. The van der Waals surface area contributed by atoms with E-state index in [1.54, 1.807) is 6.26 Å². The minimum absolute atomic E-state index is 0.0146. The zero-order valence-corrected chi connectivity index (χ0v) is 13.5. The van der Waals surface area contributed by atoms with Gasteiger partial charge in [-0.3, -0.25) is 9.89 Å². The number of likely N-dealkylation sites (N-methyl/N-ethyl adjacent to an activating group) is 1. The highest BCUT2D eigenvalue weighted by molar-refractivity contribution is 5.80. The second kappa shape index (κ2) is 7.33. The minimum atomic E-state index is -0.0146. The van der Waals surface area contributed by atoms with E-state index in [1.807, 2.05) is 26.2 Å². The standard InChI is InChI=1S/C15H28N4O/c1-7-16-14(18-15(2,3)4)17-11-12(19(5)6)13-9-8-10-20-13/h8-10,12H,7,11H2,1-6H3,(H2,16,17,18). The summed E-state index contributed by atoms with van der Waals surface area (Å²) in [5.74, 6) is 1.77. The molecule has 0 aromatic carbocycles. The summed E-state index contributed by atoms with van der Waals surface area (Å²) in [5.41, 5.74) is -0.0146. The molecule has 0 amide bonds. The van der Waals surface area contributed by atoms with Crippen molar-refractivity contribution >= 4 is 5.96 Å². The predicted molar refractivity (Wildman–Crippen MR) is 84.0 cm³/mol. The lowest BCUT2D eigenvalue weighted by Crippen LogP contribution is -2.47. The van der Waals surface area contributed by atoms with E-state index in [1.165, 1.54) is 0 Å². The van der Waals surface area contributed by atoms with E-state index in [0.717, 1.165) is 18.3 Å². The Morgan fingerprint density at radius 2 is 2.10 bits per heavy atom. The summed E-state index contributed by atoms with van der Waals surface area (Å²) in [6.07, 6.45) is 1.70. The molecule has 0 aliphatic heterocycles. The van der Waals surface area contributed by atoms with Gasteiger partial charge in [-0.1, -0.05) is 0 Å². The number of nitrogens with zero attached hydrogens (tertiary/aromatic N) is 2. The molecule has 0 aliphatic carbocycles. The average Bonchev–Trinajstić information content (AvgIpc) is 2.80. The zero-order valence-electron chi connectivity index (χ0n) is 13.5. The Labute approximate surface area is 122 Å². The van der Waals surface area contributed by atoms with E-state index in [2.05, 4.69) is 48.2 Å². The largest absolute Gasteiger partial charge is 0.468 e. The van der Waals surface area contributed by atoms with Crippen molar-refractivity contribution in [1.82, 2.24) is 15.5 Å². The molecule has 0 saturated carbocycles. The van der Waals surface area contributed by atoms with Gasteiger partial charge in [-0.05, 0) is 53.9 Å². The van der Waals surface area contributed by atoms with Crippen molar-refractivity contribution in [3.63, 3.8) is 0 Å². The van der Waals surface area contributed by atoms with Crippen molar-refractivity contribution in [2.45, 2.75) is 39.3 Å². The van der Waals surface area contributed by atoms with Crippen LogP contribution in [0, 0.1) is 0 Å². The molecule has 1 aromatic heterocycles. The van der Waals surface area contributed by atoms with Crippen LogP contribution in [0.5, 0.6) is 0 Å². The molecule has 1 atom stereocenters. The Balaban J connectivity index is 2.77. The van der Waals surface area contributed by atoms with Gasteiger partial charge in [0.25, 0.3) is 0 Å². The van der Waals surface area contributed by atoms with Crippen molar-refractivity contribution in [2.24, 2.45) is 4.99 Å². The molecular formula is C15H28N4O. The van der Waals surface area contributed by atoms with Gasteiger partial charge in [-0.15, -0.1) is 0 Å². The fourth-order valence-electron chi connectivity index (χ4n) is 1.83. The number of aliphatic imine (C=N–C) groups is 1. The van der Waals surface area contributed by atoms with E-state index >= 15 is 0 Å². The third kappa shape index (κ3) is 5.65. The van der Waals surface area contributed by atoms with E-state index in [9.17, 15) is 0 Å². The summed E-state index contributed by atoms with van der Waals surface area (Å²) < 4.78 is 5.50. The van der Waals surface area contributed by atoms with E-state index in [4.69, 9.17) is 4.42 Å². The van der Waals surface area contributed by atoms with Crippen molar-refractivity contribution in [3.05, 3.63) is 24.2 Å². The van der Waals surface area contributed by atoms with Crippen LogP contribution in [0.15, 0.2) is 27.8 Å². The Morgan fingerprint density at radius 1 is 1.40 bits per heavy atom. The maximum Gasteiger partial charge on any atom is 0.191 e. The molecule has 5 nitrogen and oxygen atoms in total. The molecule has 0 fully saturated rings. The number of guanidine groups is 1. The summed E-state index contributed by atoms with van der Waals surface area (Å²) in [5, 5.41) is 6.65. The molecule has 5 heteroatoms. The fourth-order valence-corrected chi connectivity index (χ4v) is 1.83. The Morgan fingerprint density at radius 3 is 2.55 bits per heavy atom. The van der Waals surface area contributed by atoms with E-state index in [-0.39, 0.29) is 11.6 Å². The molecule has 1 aromatic rings. The van der Waals surface area contributed by atoms with Crippen LogP contribution in [0.2, 0.25) is 0 Å². The van der Waals surface area contributed by atoms with Crippen molar-refractivity contribution in [1.29, 1.82) is 0 Å². The van der Waals surface area contributed by atoms with Crippen LogP contribution in [-0.2, 0) is 0 Å². The summed E-state index contributed by atoms with van der Waals surface area (Å²) in [6, 6.07) is 4.04. The zero-order chi connectivity index (χ0) is 15.2. The average molecular weight is 280 g/mol. The third-order valence-corrected chi connectivity index (χ3v) is 2.75. The quantitative estimate of drug-likeness (QED) is 0.641. The first-order valence-electron chi connectivity index (χ1n) is 7.10. The van der Waals surface area contributed by atoms with Gasteiger partial charge >= 0.3 is 0 Å². The number of hydrogen-bond donors (Lipinski definition) is 2. The smallest absolute Gasteiger partial charge is 0.191 e. The number of rotatable bonds is 5. The highest BCUT2D eigenvalue weighted by Gasteiger charge is 2.17. The molecule has 1 rings (SSSR count). The topological polar surface area (TPSA) is 52.8 Å². The minimum Gasteiger partial charge on any atom is -0.468 e. The van der Waals surface area contributed by atoms with Gasteiger partial charge in [-0.25, -0.2) is 0 Å². The molecule has 0 aliphatic rings. The summed E-state index contributed by atoms with van der Waals surface area (Å²) >= 11 is 0. The summed E-state index contributed by atoms with van der Waals surface area (Å²) in [7, 11) is 4.07. The monoisotopic (exact) mass is 280 g/mol. The molecule has 0 spiro atoms. The lowest BCUT2D eigenvalue weighted by molar-refractivity contribution is 0.264. The van der Waals surface area contributed by atoms with Crippen LogP contribution in [0.3, 0.4) is 0 Å². The van der Waals surface area contributed by atoms with Gasteiger partial charge in [0.05, 0.1) is 18.8 Å². The van der Waals surface area contributed by atoms with Crippen molar-refractivity contribution < 1.29 is 4.42 Å². The molecule has 2 N–H and O–H groups in total. The van der Waals surface area contributed by atoms with Crippen LogP contribution < -0.4 is 10.6 Å². The van der Waals surface area contributed by atoms with Gasteiger partial charge in [0, 0.05) is 12.1 Å². The first-order valence-corrected chi connectivity index (χ1v) is 7.10. The van der Waals surface area contributed by atoms with Crippen molar-refractivity contribution in [2.75, 3.05) is 27.2 Å².